The summed E-state index contributed by atoms with van der Waals surface area (Å²) >= 11 is 0. The molecule has 0 heterocycles. The Labute approximate surface area is 56.7 Å². The monoisotopic (exact) mass is 126 g/mol. The first-order chi connectivity index (χ1) is 4.22. The SMILES string of the molecule is C/C=C\C(=C/C)C(C)O. The summed E-state index contributed by atoms with van der Waals surface area (Å²) in [5.41, 5.74) is 0.970. The van der Waals surface area contributed by atoms with E-state index in [1.54, 1.807) is 6.92 Å². The molecule has 0 saturated carbocycles. The molecule has 52 valence electrons. The van der Waals surface area contributed by atoms with Gasteiger partial charge in [-0.2, -0.15) is 0 Å². The van der Waals surface area contributed by atoms with Gasteiger partial charge in [0.2, 0.25) is 0 Å². The van der Waals surface area contributed by atoms with Crippen LogP contribution in [0, 0.1) is 0 Å². The second kappa shape index (κ2) is 4.33. The second-order valence-electron chi connectivity index (χ2n) is 1.96. The molecule has 0 aliphatic carbocycles. The molecule has 0 spiro atoms. The molecule has 0 aromatic rings. The first kappa shape index (κ1) is 8.44. The molecule has 0 fully saturated rings. The van der Waals surface area contributed by atoms with Gasteiger partial charge in [-0.15, -0.1) is 0 Å². The fraction of sp³-hybridized carbons (Fsp3) is 0.500. The summed E-state index contributed by atoms with van der Waals surface area (Å²) in [5, 5.41) is 9.02. The fourth-order valence-electron chi connectivity index (χ4n) is 0.669. The molecule has 0 bridgehead atoms. The molecule has 0 aliphatic heterocycles. The van der Waals surface area contributed by atoms with Crippen molar-refractivity contribution in [1.82, 2.24) is 0 Å². The quantitative estimate of drug-likeness (QED) is 0.560. The molecular formula is C8H14O. The van der Waals surface area contributed by atoms with E-state index in [4.69, 9.17) is 5.11 Å². The van der Waals surface area contributed by atoms with E-state index in [0.717, 1.165) is 5.57 Å². The van der Waals surface area contributed by atoms with Crippen molar-refractivity contribution in [2.75, 3.05) is 0 Å². The van der Waals surface area contributed by atoms with Gasteiger partial charge < -0.3 is 5.11 Å². The number of aliphatic hydroxyl groups excluding tert-OH is 1. The molecule has 1 heteroatoms. The smallest absolute Gasteiger partial charge is 0.0758 e. The molecule has 0 aromatic heterocycles. The largest absolute Gasteiger partial charge is 0.389 e. The van der Waals surface area contributed by atoms with Crippen molar-refractivity contribution in [3.8, 4) is 0 Å². The molecular weight excluding hydrogens is 112 g/mol. The van der Waals surface area contributed by atoms with E-state index < -0.39 is 0 Å². The zero-order chi connectivity index (χ0) is 7.28. The minimum atomic E-state index is -0.341. The maximum atomic E-state index is 9.02. The second-order valence-corrected chi connectivity index (χ2v) is 1.96. The summed E-state index contributed by atoms with van der Waals surface area (Å²) in [6.07, 6.45) is 5.39. The van der Waals surface area contributed by atoms with Crippen molar-refractivity contribution in [2.45, 2.75) is 26.9 Å². The van der Waals surface area contributed by atoms with Crippen LogP contribution in [0.3, 0.4) is 0 Å². The Balaban J connectivity index is 4.01. The molecule has 1 atom stereocenters. The van der Waals surface area contributed by atoms with Crippen LogP contribution in [0.25, 0.3) is 0 Å². The van der Waals surface area contributed by atoms with E-state index in [-0.39, 0.29) is 6.10 Å². The highest BCUT2D eigenvalue weighted by Crippen LogP contribution is 2.02. The van der Waals surface area contributed by atoms with E-state index in [2.05, 4.69) is 0 Å². The molecule has 0 saturated heterocycles. The van der Waals surface area contributed by atoms with Crippen LogP contribution in [0.4, 0.5) is 0 Å². The van der Waals surface area contributed by atoms with Crippen molar-refractivity contribution in [1.29, 1.82) is 0 Å². The topological polar surface area (TPSA) is 20.2 Å². The van der Waals surface area contributed by atoms with Gasteiger partial charge in [-0.1, -0.05) is 18.2 Å². The Morgan fingerprint density at radius 1 is 1.44 bits per heavy atom. The Morgan fingerprint density at radius 3 is 2.11 bits per heavy atom. The third-order valence-corrected chi connectivity index (χ3v) is 1.17. The van der Waals surface area contributed by atoms with Gasteiger partial charge in [-0.05, 0) is 26.3 Å². The number of hydrogen-bond acceptors (Lipinski definition) is 1. The highest BCUT2D eigenvalue weighted by Gasteiger charge is 1.96. The van der Waals surface area contributed by atoms with Crippen molar-refractivity contribution < 1.29 is 5.11 Å². The van der Waals surface area contributed by atoms with Crippen molar-refractivity contribution in [3.63, 3.8) is 0 Å². The predicted molar refractivity (Wildman–Crippen MR) is 40.3 cm³/mol. The summed E-state index contributed by atoms with van der Waals surface area (Å²) in [6.45, 7) is 5.61. The molecule has 1 N–H and O–H groups in total. The Kier molecular flexibility index (Phi) is 4.06. The third kappa shape index (κ3) is 3.09. The number of allylic oxidation sites excluding steroid dienone is 2. The fourth-order valence-corrected chi connectivity index (χ4v) is 0.669. The molecule has 0 rings (SSSR count). The summed E-state index contributed by atoms with van der Waals surface area (Å²) in [7, 11) is 0. The summed E-state index contributed by atoms with van der Waals surface area (Å²) in [4.78, 5) is 0. The lowest BCUT2D eigenvalue weighted by Crippen LogP contribution is -2.00. The Morgan fingerprint density at radius 2 is 2.00 bits per heavy atom. The number of hydrogen-bond donors (Lipinski definition) is 1. The lowest BCUT2D eigenvalue weighted by molar-refractivity contribution is 0.235. The third-order valence-electron chi connectivity index (χ3n) is 1.17. The number of aliphatic hydroxyl groups is 1. The Hall–Kier alpha value is -0.560. The van der Waals surface area contributed by atoms with E-state index in [9.17, 15) is 0 Å². The van der Waals surface area contributed by atoms with Gasteiger partial charge in [0, 0.05) is 0 Å². The molecule has 9 heavy (non-hydrogen) atoms. The van der Waals surface area contributed by atoms with Gasteiger partial charge in [0.05, 0.1) is 6.10 Å². The zero-order valence-corrected chi connectivity index (χ0v) is 6.26. The molecule has 0 aromatic carbocycles. The van der Waals surface area contributed by atoms with Gasteiger partial charge in [0.25, 0.3) is 0 Å². The van der Waals surface area contributed by atoms with Crippen molar-refractivity contribution in [3.05, 3.63) is 23.8 Å². The Bertz CT molecular complexity index is 121. The average Bonchev–Trinajstić information content (AvgIpc) is 1.82. The molecule has 0 aliphatic rings. The maximum absolute atomic E-state index is 9.02. The van der Waals surface area contributed by atoms with Gasteiger partial charge in [-0.25, -0.2) is 0 Å². The number of rotatable bonds is 2. The van der Waals surface area contributed by atoms with Gasteiger partial charge in [-0.3, -0.25) is 0 Å². The van der Waals surface area contributed by atoms with E-state index in [0.29, 0.717) is 0 Å². The zero-order valence-electron chi connectivity index (χ0n) is 6.26. The van der Waals surface area contributed by atoms with E-state index in [1.165, 1.54) is 0 Å². The van der Waals surface area contributed by atoms with Crippen LogP contribution in [0.5, 0.6) is 0 Å². The van der Waals surface area contributed by atoms with Crippen LogP contribution in [-0.4, -0.2) is 11.2 Å². The van der Waals surface area contributed by atoms with Gasteiger partial charge in [0.1, 0.15) is 0 Å². The summed E-state index contributed by atoms with van der Waals surface area (Å²) in [5.74, 6) is 0. The van der Waals surface area contributed by atoms with E-state index >= 15 is 0 Å². The highest BCUT2D eigenvalue weighted by atomic mass is 16.3. The standard InChI is InChI=1S/C8H14O/c1-4-6-8(5-2)7(3)9/h4-7,9H,1-3H3/b6-4-,8-5+. The van der Waals surface area contributed by atoms with E-state index in [1.807, 2.05) is 32.1 Å². The first-order valence-corrected chi connectivity index (χ1v) is 3.19. The van der Waals surface area contributed by atoms with Crippen LogP contribution in [0.15, 0.2) is 23.8 Å². The lowest BCUT2D eigenvalue weighted by atomic mass is 10.1. The molecule has 0 radical (unpaired) electrons. The van der Waals surface area contributed by atoms with Crippen LogP contribution in [0.1, 0.15) is 20.8 Å². The van der Waals surface area contributed by atoms with Crippen LogP contribution >= 0.6 is 0 Å². The van der Waals surface area contributed by atoms with Crippen molar-refractivity contribution in [2.24, 2.45) is 0 Å². The summed E-state index contributed by atoms with van der Waals surface area (Å²) in [6, 6.07) is 0. The van der Waals surface area contributed by atoms with Gasteiger partial charge >= 0.3 is 0 Å². The minimum absolute atomic E-state index is 0.341. The normalized spacial score (nSPS) is 16.7. The van der Waals surface area contributed by atoms with Crippen LogP contribution in [-0.2, 0) is 0 Å². The van der Waals surface area contributed by atoms with Crippen molar-refractivity contribution >= 4 is 0 Å². The lowest BCUT2D eigenvalue weighted by Gasteiger charge is -2.02. The van der Waals surface area contributed by atoms with Crippen LogP contribution in [0.2, 0.25) is 0 Å². The molecule has 1 nitrogen and oxygen atoms in total. The van der Waals surface area contributed by atoms with Crippen LogP contribution < -0.4 is 0 Å². The molecule has 1 unspecified atom stereocenters. The molecule has 0 amide bonds. The highest BCUT2D eigenvalue weighted by molar-refractivity contribution is 5.20. The predicted octanol–water partition coefficient (Wildman–Crippen LogP) is 1.89. The minimum Gasteiger partial charge on any atom is -0.389 e. The maximum Gasteiger partial charge on any atom is 0.0758 e. The van der Waals surface area contributed by atoms with Gasteiger partial charge in [0.15, 0.2) is 0 Å². The first-order valence-electron chi connectivity index (χ1n) is 3.19. The summed E-state index contributed by atoms with van der Waals surface area (Å²) < 4.78 is 0. The average molecular weight is 126 g/mol.